The van der Waals surface area contributed by atoms with Crippen LogP contribution in [-0.4, -0.2) is 6.61 Å². The normalized spacial score (nSPS) is 22.7. The number of halogens is 1. The number of benzene rings is 1. The van der Waals surface area contributed by atoms with Crippen molar-refractivity contribution in [3.05, 3.63) is 35.6 Å². The third-order valence-electron chi connectivity index (χ3n) is 1.59. The second kappa shape index (κ2) is 2.06. The van der Waals surface area contributed by atoms with Crippen molar-refractivity contribution in [2.45, 2.75) is 6.10 Å². The van der Waals surface area contributed by atoms with Crippen LogP contribution in [0.4, 0.5) is 4.39 Å². The van der Waals surface area contributed by atoms with E-state index in [1.807, 2.05) is 6.07 Å². The van der Waals surface area contributed by atoms with Gasteiger partial charge in [-0.3, -0.25) is 0 Å². The van der Waals surface area contributed by atoms with Crippen molar-refractivity contribution in [1.29, 1.82) is 0 Å². The van der Waals surface area contributed by atoms with E-state index in [1.54, 1.807) is 12.1 Å². The molecule has 1 aliphatic rings. The number of ether oxygens (including phenoxy) is 1. The minimum absolute atomic E-state index is 0.0289. The molecule has 0 N–H and O–H groups in total. The monoisotopic (exact) mass is 138 g/mol. The molecule has 52 valence electrons. The molecule has 1 atom stereocenters. The Morgan fingerprint density at radius 3 is 2.70 bits per heavy atom. The van der Waals surface area contributed by atoms with E-state index >= 15 is 0 Å². The van der Waals surface area contributed by atoms with Crippen LogP contribution in [0.2, 0.25) is 0 Å². The summed E-state index contributed by atoms with van der Waals surface area (Å²) in [5, 5.41) is 0. The summed E-state index contributed by atoms with van der Waals surface area (Å²) in [5.74, 6) is -0.162. The van der Waals surface area contributed by atoms with E-state index in [0.717, 1.165) is 0 Å². The minimum atomic E-state index is -0.162. The maximum absolute atomic E-state index is 12.8. The van der Waals surface area contributed by atoms with Crippen LogP contribution in [-0.2, 0) is 4.74 Å². The SMILES string of the molecule is Fc1ccccc1[C@H]1CO1. The van der Waals surface area contributed by atoms with Crippen molar-refractivity contribution >= 4 is 0 Å². The maximum Gasteiger partial charge on any atom is 0.129 e. The van der Waals surface area contributed by atoms with Gasteiger partial charge in [0.2, 0.25) is 0 Å². The van der Waals surface area contributed by atoms with Crippen LogP contribution in [0.25, 0.3) is 0 Å². The van der Waals surface area contributed by atoms with Crippen molar-refractivity contribution in [2.24, 2.45) is 0 Å². The molecule has 1 fully saturated rings. The Labute approximate surface area is 58.4 Å². The molecule has 1 aromatic rings. The largest absolute Gasteiger partial charge is 0.368 e. The van der Waals surface area contributed by atoms with Crippen molar-refractivity contribution < 1.29 is 9.13 Å². The number of rotatable bonds is 1. The van der Waals surface area contributed by atoms with E-state index in [1.165, 1.54) is 6.07 Å². The van der Waals surface area contributed by atoms with Crippen molar-refractivity contribution in [1.82, 2.24) is 0 Å². The first kappa shape index (κ1) is 5.86. The summed E-state index contributed by atoms with van der Waals surface area (Å²) in [5.41, 5.74) is 0.683. The van der Waals surface area contributed by atoms with Gasteiger partial charge in [-0.05, 0) is 6.07 Å². The van der Waals surface area contributed by atoms with E-state index in [0.29, 0.717) is 12.2 Å². The standard InChI is InChI=1S/C8H7FO/c9-7-4-2-1-3-6(7)8-5-10-8/h1-4,8H,5H2/t8-/m1/s1. The van der Waals surface area contributed by atoms with Crippen LogP contribution in [0.5, 0.6) is 0 Å². The smallest absolute Gasteiger partial charge is 0.129 e. The number of hydrogen-bond acceptors (Lipinski definition) is 1. The Morgan fingerprint density at radius 1 is 1.40 bits per heavy atom. The molecular formula is C8H7FO. The first-order valence-electron chi connectivity index (χ1n) is 3.24. The van der Waals surface area contributed by atoms with Crippen LogP contribution in [0.15, 0.2) is 24.3 Å². The third-order valence-corrected chi connectivity index (χ3v) is 1.59. The Kier molecular flexibility index (Phi) is 1.21. The Balaban J connectivity index is 2.39. The zero-order valence-electron chi connectivity index (χ0n) is 5.38. The lowest BCUT2D eigenvalue weighted by atomic mass is 10.1. The van der Waals surface area contributed by atoms with Crippen molar-refractivity contribution in [2.75, 3.05) is 6.61 Å². The van der Waals surface area contributed by atoms with Crippen molar-refractivity contribution in [3.63, 3.8) is 0 Å². The molecule has 0 radical (unpaired) electrons. The van der Waals surface area contributed by atoms with Gasteiger partial charge in [0.25, 0.3) is 0 Å². The van der Waals surface area contributed by atoms with Crippen molar-refractivity contribution in [3.8, 4) is 0 Å². The molecule has 1 heterocycles. The molecule has 1 saturated heterocycles. The van der Waals surface area contributed by atoms with E-state index in [9.17, 15) is 4.39 Å². The molecule has 1 aromatic carbocycles. The van der Waals surface area contributed by atoms with E-state index < -0.39 is 0 Å². The molecule has 0 spiro atoms. The molecule has 0 bridgehead atoms. The fourth-order valence-electron chi connectivity index (χ4n) is 0.964. The molecule has 2 heteroatoms. The predicted octanol–water partition coefficient (Wildman–Crippen LogP) is 1.90. The Morgan fingerprint density at radius 2 is 2.10 bits per heavy atom. The number of hydrogen-bond donors (Lipinski definition) is 0. The highest BCUT2D eigenvalue weighted by molar-refractivity contribution is 5.22. The molecule has 1 nitrogen and oxygen atoms in total. The molecule has 2 rings (SSSR count). The molecule has 0 aromatic heterocycles. The Bertz CT molecular complexity index is 243. The summed E-state index contributed by atoms with van der Waals surface area (Å²) < 4.78 is 17.7. The third kappa shape index (κ3) is 0.907. The average Bonchev–Trinajstić information content (AvgIpc) is 2.71. The summed E-state index contributed by atoms with van der Waals surface area (Å²) in [6.45, 7) is 0.668. The second-order valence-corrected chi connectivity index (χ2v) is 2.34. The molecule has 10 heavy (non-hydrogen) atoms. The number of epoxide rings is 1. The molecule has 0 unspecified atom stereocenters. The molecule has 0 saturated carbocycles. The van der Waals surface area contributed by atoms with Gasteiger partial charge in [0.15, 0.2) is 0 Å². The summed E-state index contributed by atoms with van der Waals surface area (Å²) >= 11 is 0. The van der Waals surface area contributed by atoms with Crippen LogP contribution in [0, 0.1) is 5.82 Å². The highest BCUT2D eigenvalue weighted by Crippen LogP contribution is 2.30. The minimum Gasteiger partial charge on any atom is -0.368 e. The van der Waals surface area contributed by atoms with Gasteiger partial charge in [-0.15, -0.1) is 0 Å². The van der Waals surface area contributed by atoms with Gasteiger partial charge in [-0.2, -0.15) is 0 Å². The lowest BCUT2D eigenvalue weighted by Gasteiger charge is -1.94. The first-order chi connectivity index (χ1) is 4.88. The fraction of sp³-hybridized carbons (Fsp3) is 0.250. The van der Waals surface area contributed by atoms with Gasteiger partial charge >= 0.3 is 0 Å². The van der Waals surface area contributed by atoms with E-state index in [4.69, 9.17) is 4.74 Å². The fourth-order valence-corrected chi connectivity index (χ4v) is 0.964. The van der Waals surface area contributed by atoms with Crippen LogP contribution in [0.3, 0.4) is 0 Å². The van der Waals surface area contributed by atoms with Crippen LogP contribution in [0.1, 0.15) is 11.7 Å². The lowest BCUT2D eigenvalue weighted by molar-refractivity contribution is 0.408. The van der Waals surface area contributed by atoms with Gasteiger partial charge in [0.05, 0.1) is 6.61 Å². The second-order valence-electron chi connectivity index (χ2n) is 2.34. The zero-order chi connectivity index (χ0) is 6.97. The molecule has 0 amide bonds. The van der Waals surface area contributed by atoms with Crippen LogP contribution >= 0.6 is 0 Å². The van der Waals surface area contributed by atoms with Gasteiger partial charge < -0.3 is 4.74 Å². The summed E-state index contributed by atoms with van der Waals surface area (Å²) in [7, 11) is 0. The Hall–Kier alpha value is -0.890. The maximum atomic E-state index is 12.8. The van der Waals surface area contributed by atoms with E-state index in [-0.39, 0.29) is 11.9 Å². The predicted molar refractivity (Wildman–Crippen MR) is 35.1 cm³/mol. The topological polar surface area (TPSA) is 12.5 Å². The van der Waals surface area contributed by atoms with Gasteiger partial charge in [0, 0.05) is 5.56 Å². The summed E-state index contributed by atoms with van der Waals surface area (Å²) in [6.07, 6.45) is 0.0289. The summed E-state index contributed by atoms with van der Waals surface area (Å²) in [4.78, 5) is 0. The first-order valence-corrected chi connectivity index (χ1v) is 3.24. The van der Waals surface area contributed by atoms with Gasteiger partial charge in [0.1, 0.15) is 11.9 Å². The van der Waals surface area contributed by atoms with Crippen LogP contribution < -0.4 is 0 Å². The van der Waals surface area contributed by atoms with E-state index in [2.05, 4.69) is 0 Å². The lowest BCUT2D eigenvalue weighted by Crippen LogP contribution is -1.85. The average molecular weight is 138 g/mol. The molecule has 1 aliphatic heterocycles. The van der Waals surface area contributed by atoms with Gasteiger partial charge in [-0.1, -0.05) is 18.2 Å². The summed E-state index contributed by atoms with van der Waals surface area (Å²) in [6, 6.07) is 6.71. The highest BCUT2D eigenvalue weighted by atomic mass is 19.1. The quantitative estimate of drug-likeness (QED) is 0.540. The molecule has 0 aliphatic carbocycles. The highest BCUT2D eigenvalue weighted by Gasteiger charge is 2.26. The van der Waals surface area contributed by atoms with Gasteiger partial charge in [-0.25, -0.2) is 4.39 Å². The zero-order valence-corrected chi connectivity index (χ0v) is 5.38. The molecular weight excluding hydrogens is 131 g/mol.